The van der Waals surface area contributed by atoms with E-state index in [9.17, 15) is 5.11 Å². The van der Waals surface area contributed by atoms with Crippen molar-refractivity contribution in [2.45, 2.75) is 36.9 Å². The Morgan fingerprint density at radius 2 is 1.26 bits per heavy atom. The summed E-state index contributed by atoms with van der Waals surface area (Å²) in [5, 5.41) is 12.2. The molecule has 2 heteroatoms. The van der Waals surface area contributed by atoms with Gasteiger partial charge < -0.3 is 9.84 Å². The third-order valence-corrected chi connectivity index (χ3v) is 8.61. The number of fused-ring (bicyclic) bond motifs is 10. The van der Waals surface area contributed by atoms with Gasteiger partial charge in [0.2, 0.25) is 0 Å². The monoisotopic (exact) mass is 364 g/mol. The Bertz CT molecular complexity index is 676. The van der Waals surface area contributed by atoms with Crippen LogP contribution in [-0.4, -0.2) is 22.9 Å². The average Bonchev–Trinajstić information content (AvgIpc) is 3.44. The molecule has 1 N–H and O–H groups in total. The van der Waals surface area contributed by atoms with Crippen molar-refractivity contribution in [3.63, 3.8) is 0 Å². The lowest BCUT2D eigenvalue weighted by molar-refractivity contribution is -0.248. The first-order valence-electron chi connectivity index (χ1n) is 10.7. The molecule has 5 aliphatic rings. The van der Waals surface area contributed by atoms with E-state index in [-0.39, 0.29) is 17.4 Å². The van der Waals surface area contributed by atoms with Crippen LogP contribution < -0.4 is 0 Å². The smallest absolute Gasteiger partial charge is 0.0796 e. The summed E-state index contributed by atoms with van der Waals surface area (Å²) in [5.41, 5.74) is -0.916. The molecule has 0 spiro atoms. The Balaban J connectivity index is 1.70. The Labute approximate surface area is 163 Å². The van der Waals surface area contributed by atoms with Gasteiger partial charge in [-0.15, -0.1) is 19.7 Å². The van der Waals surface area contributed by atoms with E-state index in [1.54, 1.807) is 0 Å². The molecule has 2 nitrogen and oxygen atoms in total. The van der Waals surface area contributed by atoms with Crippen molar-refractivity contribution in [3.05, 3.63) is 62.3 Å². The molecule has 0 saturated heterocycles. The van der Waals surface area contributed by atoms with E-state index in [4.69, 9.17) is 4.74 Å². The van der Waals surface area contributed by atoms with Gasteiger partial charge in [0, 0.05) is 23.7 Å². The zero-order chi connectivity index (χ0) is 18.8. The van der Waals surface area contributed by atoms with Crippen LogP contribution in [0.1, 0.15) is 25.7 Å². The minimum Gasteiger partial charge on any atom is -0.389 e. The Morgan fingerprint density at radius 1 is 0.778 bits per heavy atom. The number of allylic oxidation sites excluding steroid dienone is 4. The van der Waals surface area contributed by atoms with E-state index in [0.717, 1.165) is 19.3 Å². The lowest BCUT2D eigenvalue weighted by Crippen LogP contribution is -2.68. The van der Waals surface area contributed by atoms with Crippen molar-refractivity contribution in [2.75, 3.05) is 6.61 Å². The van der Waals surface area contributed by atoms with Crippen LogP contribution in [0.2, 0.25) is 0 Å². The van der Waals surface area contributed by atoms with E-state index in [2.05, 4.69) is 50.1 Å². The highest BCUT2D eigenvalue weighted by atomic mass is 16.5. The van der Waals surface area contributed by atoms with Gasteiger partial charge >= 0.3 is 0 Å². The molecular weight excluding hydrogens is 332 g/mol. The third kappa shape index (κ3) is 2.09. The Hall–Kier alpha value is -1.38. The largest absolute Gasteiger partial charge is 0.389 e. The zero-order valence-corrected chi connectivity index (χ0v) is 16.2. The lowest BCUT2D eigenvalue weighted by Gasteiger charge is -2.63. The first-order valence-corrected chi connectivity index (χ1v) is 10.7. The summed E-state index contributed by atoms with van der Waals surface area (Å²) >= 11 is 0. The van der Waals surface area contributed by atoms with Crippen LogP contribution in [-0.2, 0) is 4.74 Å². The standard InChI is InChI=1S/C25H32O2/c1-4-11-24(26)20-16-7-9-18(14-16)22(20)25(12-5-2,27-13-6-3)23-19-10-8-17(15-19)21(23)24/h4-10,16-23,26H,1-3,11-15H2. The van der Waals surface area contributed by atoms with Gasteiger partial charge in [-0.2, -0.15) is 0 Å². The second-order valence-electron chi connectivity index (χ2n) is 9.53. The maximum atomic E-state index is 12.2. The highest BCUT2D eigenvalue weighted by molar-refractivity contribution is 5.33. The van der Waals surface area contributed by atoms with Crippen LogP contribution in [0.5, 0.6) is 0 Å². The Kier molecular flexibility index (Phi) is 3.97. The quantitative estimate of drug-likeness (QED) is 0.664. The molecule has 0 aromatic carbocycles. The van der Waals surface area contributed by atoms with Crippen molar-refractivity contribution in [3.8, 4) is 0 Å². The highest BCUT2D eigenvalue weighted by Crippen LogP contribution is 2.72. The highest BCUT2D eigenvalue weighted by Gasteiger charge is 2.74. The minimum atomic E-state index is -0.673. The van der Waals surface area contributed by atoms with E-state index in [1.165, 1.54) is 0 Å². The second-order valence-corrected chi connectivity index (χ2v) is 9.53. The molecule has 5 aliphatic carbocycles. The first kappa shape index (κ1) is 17.7. The molecule has 0 aliphatic heterocycles. The first-order chi connectivity index (χ1) is 13.1. The molecule has 144 valence electrons. The molecule has 3 saturated carbocycles. The molecule has 8 unspecified atom stereocenters. The van der Waals surface area contributed by atoms with Crippen LogP contribution >= 0.6 is 0 Å². The summed E-state index contributed by atoms with van der Waals surface area (Å²) in [6, 6.07) is 0. The van der Waals surface area contributed by atoms with Crippen molar-refractivity contribution in [1.29, 1.82) is 0 Å². The van der Waals surface area contributed by atoms with Gasteiger partial charge in [-0.05, 0) is 49.4 Å². The molecule has 4 bridgehead atoms. The zero-order valence-electron chi connectivity index (χ0n) is 16.2. The molecule has 0 radical (unpaired) electrons. The fraction of sp³-hybridized carbons (Fsp3) is 0.600. The van der Waals surface area contributed by atoms with Gasteiger partial charge in [0.15, 0.2) is 0 Å². The molecular formula is C25H32O2. The summed E-state index contributed by atoms with van der Waals surface area (Å²) in [7, 11) is 0. The van der Waals surface area contributed by atoms with Crippen LogP contribution in [0.3, 0.4) is 0 Å². The molecule has 27 heavy (non-hydrogen) atoms. The van der Waals surface area contributed by atoms with Crippen LogP contribution in [0, 0.1) is 47.3 Å². The predicted molar refractivity (Wildman–Crippen MR) is 109 cm³/mol. The van der Waals surface area contributed by atoms with E-state index in [0.29, 0.717) is 48.5 Å². The van der Waals surface area contributed by atoms with Crippen LogP contribution in [0.25, 0.3) is 0 Å². The van der Waals surface area contributed by atoms with Crippen molar-refractivity contribution in [2.24, 2.45) is 47.3 Å². The second kappa shape index (κ2) is 6.06. The number of hydrogen-bond acceptors (Lipinski definition) is 2. The SMILES string of the molecule is C=CCOC1(CC=C)C2C3C=CC(C3)C2C(O)(CC=C)C2C3C=CC(C3)C21. The molecule has 5 rings (SSSR count). The molecule has 3 fully saturated rings. The third-order valence-electron chi connectivity index (χ3n) is 8.61. The maximum Gasteiger partial charge on any atom is 0.0796 e. The van der Waals surface area contributed by atoms with Gasteiger partial charge in [-0.25, -0.2) is 0 Å². The van der Waals surface area contributed by atoms with E-state index >= 15 is 0 Å². The Morgan fingerprint density at radius 3 is 1.70 bits per heavy atom. The summed E-state index contributed by atoms with van der Waals surface area (Å²) in [4.78, 5) is 0. The number of hydrogen-bond donors (Lipinski definition) is 1. The minimum absolute atomic E-state index is 0.243. The number of aliphatic hydroxyl groups is 1. The van der Waals surface area contributed by atoms with Crippen molar-refractivity contribution >= 4 is 0 Å². The fourth-order valence-corrected chi connectivity index (χ4v) is 8.25. The van der Waals surface area contributed by atoms with Gasteiger partial charge in [0.25, 0.3) is 0 Å². The molecule has 8 atom stereocenters. The van der Waals surface area contributed by atoms with Gasteiger partial charge in [-0.3, -0.25) is 0 Å². The molecule has 0 heterocycles. The predicted octanol–water partition coefficient (Wildman–Crippen LogP) is 4.70. The van der Waals surface area contributed by atoms with E-state index < -0.39 is 5.60 Å². The lowest BCUT2D eigenvalue weighted by atomic mass is 9.47. The topological polar surface area (TPSA) is 29.5 Å². The summed E-state index contributed by atoms with van der Waals surface area (Å²) in [6.07, 6.45) is 19.3. The normalized spacial score (nSPS) is 53.4. The van der Waals surface area contributed by atoms with Crippen molar-refractivity contribution < 1.29 is 9.84 Å². The maximum absolute atomic E-state index is 12.2. The summed E-state index contributed by atoms with van der Waals surface area (Å²) in [6.45, 7) is 12.6. The van der Waals surface area contributed by atoms with Crippen LogP contribution in [0.4, 0.5) is 0 Å². The molecule has 0 aromatic heterocycles. The van der Waals surface area contributed by atoms with Gasteiger partial charge in [0.1, 0.15) is 0 Å². The van der Waals surface area contributed by atoms with E-state index in [1.807, 2.05) is 12.2 Å². The average molecular weight is 365 g/mol. The van der Waals surface area contributed by atoms with Gasteiger partial charge in [-0.1, -0.05) is 42.5 Å². The molecule has 0 amide bonds. The fourth-order valence-electron chi connectivity index (χ4n) is 8.25. The molecule has 0 aromatic rings. The number of ether oxygens (including phenoxy) is 1. The summed E-state index contributed by atoms with van der Waals surface area (Å²) < 4.78 is 6.77. The van der Waals surface area contributed by atoms with Gasteiger partial charge in [0.05, 0.1) is 17.8 Å². The number of rotatable bonds is 7. The van der Waals surface area contributed by atoms with Crippen LogP contribution in [0.15, 0.2) is 62.3 Å². The summed E-state index contributed by atoms with van der Waals surface area (Å²) in [5.74, 6) is 3.15. The van der Waals surface area contributed by atoms with Crippen molar-refractivity contribution in [1.82, 2.24) is 0 Å².